The summed E-state index contributed by atoms with van der Waals surface area (Å²) >= 11 is 0. The van der Waals surface area contributed by atoms with Gasteiger partial charge < -0.3 is 9.40 Å². The van der Waals surface area contributed by atoms with Crippen molar-refractivity contribution in [2.45, 2.75) is 0 Å². The minimum atomic E-state index is -0.293. The van der Waals surface area contributed by atoms with Gasteiger partial charge >= 0.3 is 5.63 Å². The van der Waals surface area contributed by atoms with Gasteiger partial charge in [-0.25, -0.2) is 4.79 Å². The summed E-state index contributed by atoms with van der Waals surface area (Å²) < 4.78 is 5.50. The molecular weight excluding hydrogens is 274 g/mol. The zero-order valence-electron chi connectivity index (χ0n) is 11.6. The van der Waals surface area contributed by atoms with Gasteiger partial charge in [0, 0.05) is 27.7 Å². The molecule has 0 saturated heterocycles. The van der Waals surface area contributed by atoms with Crippen molar-refractivity contribution in [3.05, 3.63) is 71.1 Å². The van der Waals surface area contributed by atoms with Crippen LogP contribution in [0.1, 0.15) is 0 Å². The van der Waals surface area contributed by atoms with E-state index >= 15 is 0 Å². The van der Waals surface area contributed by atoms with Gasteiger partial charge in [-0.3, -0.25) is 0 Å². The molecule has 0 unspecified atom stereocenters. The third-order valence-corrected chi connectivity index (χ3v) is 4.25. The summed E-state index contributed by atoms with van der Waals surface area (Å²) in [7, 11) is 0. The number of nitrogens with one attached hydrogen (secondary N) is 1. The number of benzene rings is 3. The van der Waals surface area contributed by atoms with E-state index in [2.05, 4.69) is 17.1 Å². The van der Waals surface area contributed by atoms with Crippen LogP contribution in [0, 0.1) is 0 Å². The maximum atomic E-state index is 12.1. The van der Waals surface area contributed by atoms with Gasteiger partial charge in [-0.2, -0.15) is 0 Å². The normalized spacial score (nSPS) is 11.8. The number of hydrogen-bond acceptors (Lipinski definition) is 2. The topological polar surface area (TPSA) is 46.0 Å². The molecule has 5 rings (SSSR count). The molecule has 3 aromatic carbocycles. The molecule has 2 heterocycles. The van der Waals surface area contributed by atoms with Crippen molar-refractivity contribution in [3.8, 4) is 0 Å². The molecule has 0 aliphatic rings. The lowest BCUT2D eigenvalue weighted by Gasteiger charge is -2.02. The monoisotopic (exact) mass is 285 g/mol. The molecule has 0 bridgehead atoms. The van der Waals surface area contributed by atoms with E-state index in [1.54, 1.807) is 6.07 Å². The fourth-order valence-corrected chi connectivity index (χ4v) is 3.22. The first-order valence-electron chi connectivity index (χ1n) is 7.17. The van der Waals surface area contributed by atoms with Crippen LogP contribution in [0.3, 0.4) is 0 Å². The Morgan fingerprint density at radius 3 is 2.27 bits per heavy atom. The van der Waals surface area contributed by atoms with Crippen molar-refractivity contribution in [2.75, 3.05) is 0 Å². The first-order valence-corrected chi connectivity index (χ1v) is 7.17. The van der Waals surface area contributed by atoms with Gasteiger partial charge in [0.2, 0.25) is 0 Å². The molecule has 2 aromatic heterocycles. The highest BCUT2D eigenvalue weighted by Crippen LogP contribution is 2.31. The molecule has 0 aliphatic heterocycles. The zero-order chi connectivity index (χ0) is 14.7. The van der Waals surface area contributed by atoms with Crippen LogP contribution in [0.4, 0.5) is 0 Å². The Morgan fingerprint density at radius 1 is 0.682 bits per heavy atom. The Labute approximate surface area is 124 Å². The van der Waals surface area contributed by atoms with E-state index in [4.69, 9.17) is 4.42 Å². The molecule has 22 heavy (non-hydrogen) atoms. The average molecular weight is 285 g/mol. The summed E-state index contributed by atoms with van der Waals surface area (Å²) in [6.45, 7) is 0. The number of H-pyrrole nitrogens is 1. The van der Waals surface area contributed by atoms with Crippen LogP contribution in [-0.2, 0) is 0 Å². The Kier molecular flexibility index (Phi) is 2.09. The summed E-state index contributed by atoms with van der Waals surface area (Å²) in [6, 6.07) is 19.8. The SMILES string of the molecule is O=c1oc2cc3[nH]c4ccccc4c3cc2c2ccccc12. The fourth-order valence-electron chi connectivity index (χ4n) is 3.22. The second-order valence-electron chi connectivity index (χ2n) is 5.50. The number of aromatic nitrogens is 1. The largest absolute Gasteiger partial charge is 0.422 e. The first kappa shape index (κ1) is 11.6. The Hall–Kier alpha value is -3.07. The quantitative estimate of drug-likeness (QED) is 0.334. The predicted molar refractivity (Wildman–Crippen MR) is 89.4 cm³/mol. The van der Waals surface area contributed by atoms with E-state index in [0.29, 0.717) is 11.0 Å². The number of hydrogen-bond donors (Lipinski definition) is 1. The van der Waals surface area contributed by atoms with Crippen LogP contribution < -0.4 is 5.63 Å². The van der Waals surface area contributed by atoms with Crippen molar-refractivity contribution in [1.82, 2.24) is 4.98 Å². The molecule has 3 heteroatoms. The molecule has 0 saturated carbocycles. The third kappa shape index (κ3) is 1.42. The predicted octanol–water partition coefficient (Wildman–Crippen LogP) is 4.58. The highest BCUT2D eigenvalue weighted by molar-refractivity contribution is 6.15. The molecule has 104 valence electrons. The molecule has 0 radical (unpaired) electrons. The number of rotatable bonds is 0. The lowest BCUT2D eigenvalue weighted by molar-refractivity contribution is 0.570. The third-order valence-electron chi connectivity index (χ3n) is 4.25. The summed E-state index contributed by atoms with van der Waals surface area (Å²) in [4.78, 5) is 15.5. The van der Waals surface area contributed by atoms with E-state index in [1.807, 2.05) is 42.5 Å². The Morgan fingerprint density at radius 2 is 1.41 bits per heavy atom. The lowest BCUT2D eigenvalue weighted by Crippen LogP contribution is -1.99. The number of fused-ring (bicyclic) bond motifs is 6. The van der Waals surface area contributed by atoms with Gasteiger partial charge in [0.05, 0.1) is 10.9 Å². The average Bonchev–Trinajstić information content (AvgIpc) is 2.91. The van der Waals surface area contributed by atoms with Crippen LogP contribution in [-0.4, -0.2) is 4.98 Å². The van der Waals surface area contributed by atoms with E-state index in [9.17, 15) is 4.79 Å². The lowest BCUT2D eigenvalue weighted by atomic mass is 10.0. The van der Waals surface area contributed by atoms with Gasteiger partial charge in [0.25, 0.3) is 0 Å². The molecule has 0 spiro atoms. The van der Waals surface area contributed by atoms with Gasteiger partial charge in [-0.1, -0.05) is 36.4 Å². The standard InChI is InChI=1S/C19H11NO2/c21-19-13-7-2-1-5-11(13)15-9-14-12-6-3-4-8-16(12)20-17(14)10-18(15)22-19/h1-10,20H. The molecule has 0 fully saturated rings. The van der Waals surface area contributed by atoms with Crippen molar-refractivity contribution in [1.29, 1.82) is 0 Å². The van der Waals surface area contributed by atoms with Crippen molar-refractivity contribution >= 4 is 43.5 Å². The minimum absolute atomic E-state index is 0.293. The number of aromatic amines is 1. The minimum Gasteiger partial charge on any atom is -0.422 e. The van der Waals surface area contributed by atoms with Crippen LogP contribution in [0.15, 0.2) is 69.9 Å². The Bertz CT molecular complexity index is 1240. The number of para-hydroxylation sites is 1. The summed E-state index contributed by atoms with van der Waals surface area (Å²) in [5.41, 5.74) is 2.38. The molecular formula is C19H11NO2. The van der Waals surface area contributed by atoms with Crippen molar-refractivity contribution in [2.24, 2.45) is 0 Å². The van der Waals surface area contributed by atoms with Crippen LogP contribution in [0.25, 0.3) is 43.5 Å². The van der Waals surface area contributed by atoms with Crippen LogP contribution in [0.5, 0.6) is 0 Å². The van der Waals surface area contributed by atoms with Gasteiger partial charge in [0.15, 0.2) is 0 Å². The van der Waals surface area contributed by atoms with E-state index in [-0.39, 0.29) is 5.63 Å². The maximum Gasteiger partial charge on any atom is 0.344 e. The highest BCUT2D eigenvalue weighted by atomic mass is 16.4. The van der Waals surface area contributed by atoms with E-state index in [1.165, 1.54) is 5.39 Å². The maximum absolute atomic E-state index is 12.1. The molecule has 3 nitrogen and oxygen atoms in total. The summed E-state index contributed by atoms with van der Waals surface area (Å²) in [5.74, 6) is 0. The molecule has 0 amide bonds. The van der Waals surface area contributed by atoms with Crippen molar-refractivity contribution < 1.29 is 4.42 Å². The van der Waals surface area contributed by atoms with Gasteiger partial charge in [0.1, 0.15) is 5.58 Å². The summed E-state index contributed by atoms with van der Waals surface area (Å²) in [5, 5.41) is 4.83. The van der Waals surface area contributed by atoms with E-state index < -0.39 is 0 Å². The summed E-state index contributed by atoms with van der Waals surface area (Å²) in [6.07, 6.45) is 0. The van der Waals surface area contributed by atoms with Crippen LogP contribution >= 0.6 is 0 Å². The molecule has 5 aromatic rings. The van der Waals surface area contributed by atoms with Gasteiger partial charge in [-0.15, -0.1) is 0 Å². The van der Waals surface area contributed by atoms with Crippen molar-refractivity contribution in [3.63, 3.8) is 0 Å². The van der Waals surface area contributed by atoms with Gasteiger partial charge in [-0.05, 0) is 23.6 Å². The highest BCUT2D eigenvalue weighted by Gasteiger charge is 2.10. The molecule has 1 N–H and O–H groups in total. The molecule has 0 atom stereocenters. The molecule has 0 aliphatic carbocycles. The van der Waals surface area contributed by atoms with E-state index in [0.717, 1.165) is 27.2 Å². The zero-order valence-corrected chi connectivity index (χ0v) is 11.6. The fraction of sp³-hybridized carbons (Fsp3) is 0. The second-order valence-corrected chi connectivity index (χ2v) is 5.50. The second kappa shape index (κ2) is 3.98. The Balaban J connectivity index is 2.09. The van der Waals surface area contributed by atoms with Crippen LogP contribution in [0.2, 0.25) is 0 Å². The smallest absolute Gasteiger partial charge is 0.344 e. The first-order chi connectivity index (χ1) is 10.8.